The second kappa shape index (κ2) is 8.52. The van der Waals surface area contributed by atoms with Crippen LogP contribution in [0, 0.1) is 29.6 Å². The molecule has 0 spiro atoms. The van der Waals surface area contributed by atoms with E-state index in [1.807, 2.05) is 68.4 Å². The zero-order valence-electron chi connectivity index (χ0n) is 17.2. The number of nitrogens with zero attached hydrogens (tertiary/aromatic N) is 4. The van der Waals surface area contributed by atoms with Crippen LogP contribution < -0.4 is 10.1 Å². The zero-order chi connectivity index (χ0) is 21.8. The number of pyridine rings is 2. The van der Waals surface area contributed by atoms with Crippen molar-refractivity contribution in [3.05, 3.63) is 77.4 Å². The van der Waals surface area contributed by atoms with E-state index >= 15 is 0 Å². The minimum atomic E-state index is 0.231. The molecule has 0 bridgehead atoms. The van der Waals surface area contributed by atoms with Gasteiger partial charge in [0.1, 0.15) is 17.7 Å². The zero-order valence-corrected chi connectivity index (χ0v) is 17.2. The summed E-state index contributed by atoms with van der Waals surface area (Å²) in [6.45, 7) is 4.22. The molecule has 0 aliphatic heterocycles. The summed E-state index contributed by atoms with van der Waals surface area (Å²) in [6.07, 6.45) is 0. The fourth-order valence-electron chi connectivity index (χ4n) is 3.37. The van der Waals surface area contributed by atoms with Crippen molar-refractivity contribution in [3.8, 4) is 29.1 Å². The van der Waals surface area contributed by atoms with Gasteiger partial charge in [0.25, 0.3) is 0 Å². The van der Waals surface area contributed by atoms with E-state index in [-0.39, 0.29) is 5.88 Å². The Kier molecular flexibility index (Phi) is 5.47. The van der Waals surface area contributed by atoms with Crippen LogP contribution in [0.4, 0.5) is 11.5 Å². The number of hydrogen-bond donors (Lipinski definition) is 1. The number of nitriles is 2. The average Bonchev–Trinajstić information content (AvgIpc) is 2.80. The maximum Gasteiger partial charge on any atom is 0.234 e. The Balaban J connectivity index is 1.98. The normalized spacial score (nSPS) is 10.3. The Bertz CT molecular complexity index is 1330. The van der Waals surface area contributed by atoms with E-state index in [1.54, 1.807) is 6.07 Å². The maximum atomic E-state index is 9.88. The number of rotatable bonds is 5. The molecule has 0 radical (unpaired) electrons. The summed E-state index contributed by atoms with van der Waals surface area (Å²) in [7, 11) is 0. The maximum absolute atomic E-state index is 9.88. The van der Waals surface area contributed by atoms with Crippen LogP contribution in [0.3, 0.4) is 0 Å². The van der Waals surface area contributed by atoms with Crippen LogP contribution in [0.15, 0.2) is 60.7 Å². The molecule has 0 aliphatic rings. The molecule has 1 N–H and O–H groups in total. The van der Waals surface area contributed by atoms with E-state index in [1.165, 1.54) is 0 Å². The number of nitrogens with one attached hydrogen (secondary N) is 1. The van der Waals surface area contributed by atoms with Crippen LogP contribution in [0.1, 0.15) is 23.6 Å². The number of hydrogen-bond acceptors (Lipinski definition) is 6. The van der Waals surface area contributed by atoms with E-state index in [0.717, 1.165) is 16.8 Å². The van der Waals surface area contributed by atoms with Crippen molar-refractivity contribution in [2.75, 3.05) is 11.9 Å². The van der Waals surface area contributed by atoms with Gasteiger partial charge in [0.05, 0.1) is 12.2 Å². The van der Waals surface area contributed by atoms with Gasteiger partial charge in [-0.15, -0.1) is 0 Å². The third kappa shape index (κ3) is 3.88. The lowest BCUT2D eigenvalue weighted by atomic mass is 9.97. The Hall–Kier alpha value is -4.42. The van der Waals surface area contributed by atoms with Gasteiger partial charge in [-0.2, -0.15) is 15.5 Å². The summed E-state index contributed by atoms with van der Waals surface area (Å²) in [5, 5.41) is 23.5. The van der Waals surface area contributed by atoms with Crippen molar-refractivity contribution >= 4 is 22.5 Å². The van der Waals surface area contributed by atoms with Crippen molar-refractivity contribution in [2.24, 2.45) is 0 Å². The molecule has 31 heavy (non-hydrogen) atoms. The molecule has 0 aliphatic carbocycles. The van der Waals surface area contributed by atoms with Crippen molar-refractivity contribution in [1.82, 2.24) is 9.97 Å². The van der Waals surface area contributed by atoms with E-state index in [0.29, 0.717) is 40.1 Å². The van der Waals surface area contributed by atoms with Crippen molar-refractivity contribution < 1.29 is 4.74 Å². The first-order chi connectivity index (χ1) is 15.1. The molecule has 2 heterocycles. The Morgan fingerprint density at radius 1 is 0.968 bits per heavy atom. The van der Waals surface area contributed by atoms with Gasteiger partial charge < -0.3 is 10.1 Å². The molecule has 0 saturated heterocycles. The highest BCUT2D eigenvalue weighted by Crippen LogP contribution is 2.37. The van der Waals surface area contributed by atoms with Gasteiger partial charge in [0, 0.05) is 16.6 Å². The summed E-state index contributed by atoms with van der Waals surface area (Å²) >= 11 is 0. The fraction of sp³-hybridized carbons (Fsp3) is 0.120. The van der Waals surface area contributed by atoms with E-state index in [4.69, 9.17) is 4.74 Å². The fourth-order valence-corrected chi connectivity index (χ4v) is 3.37. The lowest BCUT2D eigenvalue weighted by Gasteiger charge is -2.15. The third-order valence-electron chi connectivity index (χ3n) is 4.83. The van der Waals surface area contributed by atoms with Crippen molar-refractivity contribution in [1.29, 1.82) is 10.5 Å². The monoisotopic (exact) mass is 405 g/mol. The Labute approximate surface area is 180 Å². The van der Waals surface area contributed by atoms with Crippen LogP contribution >= 0.6 is 0 Å². The number of fused-ring (bicyclic) bond motifs is 1. The van der Waals surface area contributed by atoms with Gasteiger partial charge in [-0.1, -0.05) is 48.0 Å². The van der Waals surface area contributed by atoms with Gasteiger partial charge in [-0.3, -0.25) is 0 Å². The summed E-state index contributed by atoms with van der Waals surface area (Å²) in [5.74, 6) is 0.632. The van der Waals surface area contributed by atoms with Crippen molar-refractivity contribution in [2.45, 2.75) is 13.8 Å². The molecule has 4 rings (SSSR count). The Morgan fingerprint density at radius 2 is 1.71 bits per heavy atom. The van der Waals surface area contributed by atoms with E-state index in [9.17, 15) is 10.5 Å². The van der Waals surface area contributed by atoms with Gasteiger partial charge in [0.2, 0.25) is 5.88 Å². The second-order valence-electron chi connectivity index (χ2n) is 6.94. The largest absolute Gasteiger partial charge is 0.477 e. The van der Waals surface area contributed by atoms with Gasteiger partial charge in [-0.25, -0.2) is 4.98 Å². The van der Waals surface area contributed by atoms with E-state index in [2.05, 4.69) is 27.4 Å². The highest BCUT2D eigenvalue weighted by molar-refractivity contribution is 5.98. The number of aryl methyl sites for hydroxylation is 1. The predicted molar refractivity (Wildman–Crippen MR) is 120 cm³/mol. The summed E-state index contributed by atoms with van der Waals surface area (Å²) < 4.78 is 5.67. The predicted octanol–water partition coefficient (Wildman–Crippen LogP) is 5.49. The van der Waals surface area contributed by atoms with E-state index < -0.39 is 0 Å². The number of benzene rings is 2. The third-order valence-corrected chi connectivity index (χ3v) is 4.83. The molecule has 6 heteroatoms. The number of aromatic nitrogens is 2. The molecule has 0 atom stereocenters. The molecule has 4 aromatic rings. The lowest BCUT2D eigenvalue weighted by Crippen LogP contribution is -2.04. The molecule has 0 unspecified atom stereocenters. The average molecular weight is 405 g/mol. The smallest absolute Gasteiger partial charge is 0.234 e. The van der Waals surface area contributed by atoms with Crippen LogP contribution in [-0.2, 0) is 0 Å². The molecule has 0 amide bonds. The molecular weight excluding hydrogens is 386 g/mol. The first kappa shape index (κ1) is 19.9. The number of ether oxygens (including phenoxy) is 1. The standard InChI is InChI=1S/C25H19N5O/c1-3-31-25-21(15-27)22(17-7-5-4-6-8-17)20-13-18(14-26)23(29-24(20)30-25)28-19-11-9-16(2)10-12-19/h4-13H,3H2,1-2H3,(H,28,29,30). The molecule has 150 valence electrons. The van der Waals surface area contributed by atoms with Crippen LogP contribution in [0.5, 0.6) is 5.88 Å². The highest BCUT2D eigenvalue weighted by atomic mass is 16.5. The SMILES string of the molecule is CCOc1nc2nc(Nc3ccc(C)cc3)c(C#N)cc2c(-c2ccccc2)c1C#N. The first-order valence-corrected chi connectivity index (χ1v) is 9.85. The molecule has 2 aromatic heterocycles. The van der Waals surface area contributed by atoms with Gasteiger partial charge in [-0.05, 0) is 37.6 Å². The van der Waals surface area contributed by atoms with Gasteiger partial charge >= 0.3 is 0 Å². The molecule has 0 fully saturated rings. The lowest BCUT2D eigenvalue weighted by molar-refractivity contribution is 0.327. The quantitative estimate of drug-likeness (QED) is 0.472. The summed E-state index contributed by atoms with van der Waals surface area (Å²) in [6, 6.07) is 23.5. The summed E-state index contributed by atoms with van der Waals surface area (Å²) in [5.41, 5.74) is 4.52. The molecule has 0 saturated carbocycles. The summed E-state index contributed by atoms with van der Waals surface area (Å²) in [4.78, 5) is 9.14. The molecule has 6 nitrogen and oxygen atoms in total. The van der Waals surface area contributed by atoms with Gasteiger partial charge in [0.15, 0.2) is 11.5 Å². The topological polar surface area (TPSA) is 94.6 Å². The van der Waals surface area contributed by atoms with Crippen LogP contribution in [0.25, 0.3) is 22.2 Å². The van der Waals surface area contributed by atoms with Crippen LogP contribution in [0.2, 0.25) is 0 Å². The number of anilines is 2. The molecule has 2 aromatic carbocycles. The highest BCUT2D eigenvalue weighted by Gasteiger charge is 2.20. The minimum absolute atomic E-state index is 0.231. The first-order valence-electron chi connectivity index (χ1n) is 9.85. The minimum Gasteiger partial charge on any atom is -0.477 e. The molecular formula is C25H19N5O. The van der Waals surface area contributed by atoms with Crippen molar-refractivity contribution in [3.63, 3.8) is 0 Å². The van der Waals surface area contributed by atoms with Crippen LogP contribution in [-0.4, -0.2) is 16.6 Å². The second-order valence-corrected chi connectivity index (χ2v) is 6.94. The Morgan fingerprint density at radius 3 is 2.35 bits per heavy atom.